The number of rotatable bonds is 7. The Morgan fingerprint density at radius 2 is 1.78 bits per heavy atom. The molecule has 2 aromatic carbocycles. The molecule has 0 N–H and O–H groups in total. The van der Waals surface area contributed by atoms with Gasteiger partial charge in [-0.3, -0.25) is 4.79 Å². The summed E-state index contributed by atoms with van der Waals surface area (Å²) in [6.07, 6.45) is 0.527. The van der Waals surface area contributed by atoms with Gasteiger partial charge in [0, 0.05) is 23.4 Å². The third-order valence-corrected chi connectivity index (χ3v) is 4.22. The van der Waals surface area contributed by atoms with Crippen LogP contribution in [0, 0.1) is 0 Å². The molecule has 0 unspecified atom stereocenters. The number of hydrogen-bond acceptors (Lipinski definition) is 5. The highest BCUT2D eigenvalue weighted by atomic mass is 35.5. The zero-order valence-electron chi connectivity index (χ0n) is 14.9. The molecule has 0 aliphatic carbocycles. The van der Waals surface area contributed by atoms with Crippen molar-refractivity contribution >= 4 is 28.3 Å². The zero-order chi connectivity index (χ0) is 19.2. The van der Waals surface area contributed by atoms with E-state index in [1.807, 2.05) is 0 Å². The fourth-order valence-electron chi connectivity index (χ4n) is 2.61. The second kappa shape index (κ2) is 8.68. The molecule has 7 heteroatoms. The Bertz CT molecular complexity index is 999. The smallest absolute Gasteiger partial charge is 0.359 e. The summed E-state index contributed by atoms with van der Waals surface area (Å²) in [6, 6.07) is 13.9. The standard InChI is InChI=1S/C20H19ClN2O4/c1-2-23-19(24)17-7-4-3-6-16(17)18(22-23)20(25)27-13-5-12-26-15-10-8-14(21)9-11-15/h3-4,6-11H,2,5,12-13H2,1H3. The van der Waals surface area contributed by atoms with E-state index in [4.69, 9.17) is 21.1 Å². The van der Waals surface area contributed by atoms with Crippen molar-refractivity contribution in [3.63, 3.8) is 0 Å². The van der Waals surface area contributed by atoms with Gasteiger partial charge in [0.25, 0.3) is 5.56 Å². The largest absolute Gasteiger partial charge is 0.493 e. The molecule has 3 rings (SSSR count). The topological polar surface area (TPSA) is 70.4 Å². The lowest BCUT2D eigenvalue weighted by Crippen LogP contribution is -2.26. The molecule has 27 heavy (non-hydrogen) atoms. The summed E-state index contributed by atoms with van der Waals surface area (Å²) >= 11 is 5.82. The second-order valence-electron chi connectivity index (χ2n) is 5.81. The lowest BCUT2D eigenvalue weighted by molar-refractivity contribution is 0.0479. The van der Waals surface area contributed by atoms with Gasteiger partial charge in [-0.25, -0.2) is 9.48 Å². The van der Waals surface area contributed by atoms with Crippen LogP contribution in [-0.2, 0) is 11.3 Å². The first-order valence-electron chi connectivity index (χ1n) is 8.65. The third kappa shape index (κ3) is 4.46. The SMILES string of the molecule is CCn1nc(C(=O)OCCCOc2ccc(Cl)cc2)c2ccccc2c1=O. The number of nitrogens with zero attached hydrogens (tertiary/aromatic N) is 2. The molecule has 0 saturated heterocycles. The summed E-state index contributed by atoms with van der Waals surface area (Å²) in [5, 5.41) is 5.75. The molecule has 1 heterocycles. The maximum Gasteiger partial charge on any atom is 0.359 e. The Morgan fingerprint density at radius 1 is 1.07 bits per heavy atom. The summed E-state index contributed by atoms with van der Waals surface area (Å²) in [7, 11) is 0. The van der Waals surface area contributed by atoms with E-state index >= 15 is 0 Å². The summed E-state index contributed by atoms with van der Waals surface area (Å²) in [6.45, 7) is 2.76. The molecule has 1 aromatic heterocycles. The van der Waals surface area contributed by atoms with E-state index in [-0.39, 0.29) is 17.9 Å². The number of fused-ring (bicyclic) bond motifs is 1. The van der Waals surface area contributed by atoms with E-state index in [1.165, 1.54) is 4.68 Å². The van der Waals surface area contributed by atoms with E-state index in [0.717, 1.165) is 0 Å². The van der Waals surface area contributed by atoms with E-state index in [1.54, 1.807) is 55.5 Å². The van der Waals surface area contributed by atoms with Crippen LogP contribution in [0.25, 0.3) is 10.8 Å². The van der Waals surface area contributed by atoms with Crippen molar-refractivity contribution in [1.82, 2.24) is 9.78 Å². The van der Waals surface area contributed by atoms with Crippen LogP contribution in [0.5, 0.6) is 5.75 Å². The molecule has 0 saturated carbocycles. The van der Waals surface area contributed by atoms with Gasteiger partial charge in [0.05, 0.1) is 18.6 Å². The first-order chi connectivity index (χ1) is 13.1. The highest BCUT2D eigenvalue weighted by Gasteiger charge is 2.17. The van der Waals surface area contributed by atoms with Crippen LogP contribution >= 0.6 is 11.6 Å². The number of aromatic nitrogens is 2. The second-order valence-corrected chi connectivity index (χ2v) is 6.24. The number of hydrogen-bond donors (Lipinski definition) is 0. The molecule has 0 atom stereocenters. The first-order valence-corrected chi connectivity index (χ1v) is 9.03. The molecular formula is C20H19ClN2O4. The zero-order valence-corrected chi connectivity index (χ0v) is 15.6. The number of ether oxygens (including phenoxy) is 2. The number of aryl methyl sites for hydroxylation is 1. The number of halogens is 1. The van der Waals surface area contributed by atoms with Crippen LogP contribution in [0.3, 0.4) is 0 Å². The predicted octanol–water partition coefficient (Wildman–Crippen LogP) is 3.70. The predicted molar refractivity (Wildman–Crippen MR) is 104 cm³/mol. The lowest BCUT2D eigenvalue weighted by atomic mass is 10.1. The Balaban J connectivity index is 1.62. The number of carbonyl (C=O) groups is 1. The van der Waals surface area contributed by atoms with Gasteiger partial charge in [-0.2, -0.15) is 5.10 Å². The maximum atomic E-state index is 12.5. The molecule has 3 aromatic rings. The molecular weight excluding hydrogens is 368 g/mol. The van der Waals surface area contributed by atoms with Gasteiger partial charge in [0.15, 0.2) is 5.69 Å². The first kappa shape index (κ1) is 18.9. The van der Waals surface area contributed by atoms with Gasteiger partial charge in [-0.15, -0.1) is 0 Å². The van der Waals surface area contributed by atoms with E-state index in [2.05, 4.69) is 5.10 Å². The quantitative estimate of drug-likeness (QED) is 0.457. The van der Waals surface area contributed by atoms with Gasteiger partial charge in [-0.1, -0.05) is 29.8 Å². The molecule has 0 radical (unpaired) electrons. The Hall–Kier alpha value is -2.86. The van der Waals surface area contributed by atoms with E-state index < -0.39 is 5.97 Å². The molecule has 0 spiro atoms. The summed E-state index contributed by atoms with van der Waals surface area (Å²) in [5.74, 6) is 0.147. The van der Waals surface area contributed by atoms with Crippen LogP contribution in [-0.4, -0.2) is 29.0 Å². The molecule has 0 bridgehead atoms. The molecule has 0 aliphatic heterocycles. The normalized spacial score (nSPS) is 10.7. The number of carbonyl (C=O) groups excluding carboxylic acids is 1. The van der Waals surface area contributed by atoms with Crippen LogP contribution in [0.15, 0.2) is 53.3 Å². The number of benzene rings is 2. The lowest BCUT2D eigenvalue weighted by Gasteiger charge is -2.10. The van der Waals surface area contributed by atoms with Crippen LogP contribution in [0.2, 0.25) is 5.02 Å². The summed E-state index contributed by atoms with van der Waals surface area (Å²) in [4.78, 5) is 24.8. The Morgan fingerprint density at radius 3 is 2.48 bits per heavy atom. The van der Waals surface area contributed by atoms with Gasteiger partial charge in [0.1, 0.15) is 5.75 Å². The van der Waals surface area contributed by atoms with Crippen molar-refractivity contribution in [3.05, 3.63) is 69.6 Å². The van der Waals surface area contributed by atoms with Crippen LogP contribution < -0.4 is 10.3 Å². The van der Waals surface area contributed by atoms with Crippen molar-refractivity contribution in [2.75, 3.05) is 13.2 Å². The maximum absolute atomic E-state index is 12.5. The minimum Gasteiger partial charge on any atom is -0.493 e. The van der Waals surface area contributed by atoms with Gasteiger partial charge in [-0.05, 0) is 37.3 Å². The minimum atomic E-state index is -0.556. The molecule has 6 nitrogen and oxygen atoms in total. The highest BCUT2D eigenvalue weighted by Crippen LogP contribution is 2.16. The van der Waals surface area contributed by atoms with Crippen LogP contribution in [0.1, 0.15) is 23.8 Å². The summed E-state index contributed by atoms with van der Waals surface area (Å²) in [5.41, 5.74) is -0.0771. The monoisotopic (exact) mass is 386 g/mol. The summed E-state index contributed by atoms with van der Waals surface area (Å²) < 4.78 is 12.1. The fourth-order valence-corrected chi connectivity index (χ4v) is 2.74. The van der Waals surface area contributed by atoms with E-state index in [9.17, 15) is 9.59 Å². The number of esters is 1. The average molecular weight is 387 g/mol. The van der Waals surface area contributed by atoms with Gasteiger partial charge >= 0.3 is 5.97 Å². The fraction of sp³-hybridized carbons (Fsp3) is 0.250. The van der Waals surface area contributed by atoms with Crippen molar-refractivity contribution in [2.45, 2.75) is 19.9 Å². The minimum absolute atomic E-state index is 0.144. The molecule has 0 amide bonds. The van der Waals surface area contributed by atoms with Crippen molar-refractivity contribution in [2.24, 2.45) is 0 Å². The van der Waals surface area contributed by atoms with Gasteiger partial charge < -0.3 is 9.47 Å². The van der Waals surface area contributed by atoms with Crippen LogP contribution in [0.4, 0.5) is 0 Å². The molecule has 0 fully saturated rings. The molecule has 0 aliphatic rings. The Labute approximate surface area is 161 Å². The Kier molecular flexibility index (Phi) is 6.08. The average Bonchev–Trinajstić information content (AvgIpc) is 2.69. The van der Waals surface area contributed by atoms with E-state index in [0.29, 0.717) is 41.1 Å². The highest BCUT2D eigenvalue weighted by molar-refractivity contribution is 6.30. The van der Waals surface area contributed by atoms with Gasteiger partial charge in [0.2, 0.25) is 0 Å². The van der Waals surface area contributed by atoms with Crippen molar-refractivity contribution < 1.29 is 14.3 Å². The third-order valence-electron chi connectivity index (χ3n) is 3.96. The van der Waals surface area contributed by atoms with Crippen molar-refractivity contribution in [3.8, 4) is 5.75 Å². The van der Waals surface area contributed by atoms with Crippen molar-refractivity contribution in [1.29, 1.82) is 0 Å². The molecule has 140 valence electrons.